The summed E-state index contributed by atoms with van der Waals surface area (Å²) in [6, 6.07) is 6.88. The Morgan fingerprint density at radius 3 is 2.58 bits per heavy atom. The molecule has 232 valence electrons. The Bertz CT molecular complexity index is 1390. The summed E-state index contributed by atoms with van der Waals surface area (Å²) < 4.78 is 34.1. The average molecular weight is 605 g/mol. The first kappa shape index (κ1) is 29.3. The number of aliphatic hydroxyl groups excluding tert-OH is 3. The zero-order valence-corrected chi connectivity index (χ0v) is 23.3. The summed E-state index contributed by atoms with van der Waals surface area (Å²) in [5.41, 5.74) is 2.64. The third-order valence-corrected chi connectivity index (χ3v) is 7.69. The molecule has 6 rings (SSSR count). The molecule has 0 spiro atoms. The fraction of sp³-hybridized carbons (Fsp3) is 0.517. The number of esters is 1. The van der Waals surface area contributed by atoms with Gasteiger partial charge in [-0.3, -0.25) is 9.59 Å². The van der Waals surface area contributed by atoms with Crippen molar-refractivity contribution >= 4 is 11.9 Å². The van der Waals surface area contributed by atoms with Crippen molar-refractivity contribution in [3.8, 4) is 28.7 Å². The zero-order chi connectivity index (χ0) is 30.4. The van der Waals surface area contributed by atoms with Crippen molar-refractivity contribution in [1.82, 2.24) is 0 Å². The third-order valence-electron chi connectivity index (χ3n) is 7.69. The molecule has 1 saturated heterocycles. The molecule has 2 aromatic rings. The Morgan fingerprint density at radius 1 is 1.00 bits per heavy atom. The number of aliphatic carboxylic acids is 1. The minimum atomic E-state index is -1.77. The molecule has 14 heteroatoms. The molecule has 14 nitrogen and oxygen atoms in total. The standard InChI is InChI=1S/C29H32O14/c1-12(2)5-16-25-14(7-19-27(16)39-11-38-19)17-9-36-18-4-3-13(6-15(18)26(17)41-25)42-43-28-24(34)23(33)20(40-29(28)35)10-37-22(32)8-21(30)31/h3-4,6-7,12,17,20,23-24,26,28-29,33-35H,5,8-11H2,1-2H3,(H,30,31)/t17-,20-,23-,24+,26-,28-,29-/m1/s1. The van der Waals surface area contributed by atoms with Crippen LogP contribution in [0.3, 0.4) is 0 Å². The van der Waals surface area contributed by atoms with E-state index in [1.165, 1.54) is 0 Å². The van der Waals surface area contributed by atoms with Crippen LogP contribution in [0.1, 0.15) is 49.0 Å². The maximum absolute atomic E-state index is 11.5. The fourth-order valence-electron chi connectivity index (χ4n) is 5.69. The molecule has 0 saturated carbocycles. The summed E-state index contributed by atoms with van der Waals surface area (Å²) in [5.74, 6) is 0.725. The predicted octanol–water partition coefficient (Wildman–Crippen LogP) is 1.36. The van der Waals surface area contributed by atoms with Crippen LogP contribution in [0.25, 0.3) is 0 Å². The van der Waals surface area contributed by atoms with Gasteiger partial charge in [0.15, 0.2) is 29.6 Å². The van der Waals surface area contributed by atoms with E-state index in [4.69, 9.17) is 43.3 Å². The van der Waals surface area contributed by atoms with Gasteiger partial charge in [0, 0.05) is 16.7 Å². The number of aliphatic hydroxyl groups is 3. The van der Waals surface area contributed by atoms with Crippen LogP contribution in [0, 0.1) is 5.92 Å². The maximum atomic E-state index is 11.5. The van der Waals surface area contributed by atoms with Crippen LogP contribution in [-0.2, 0) is 30.4 Å². The molecule has 0 aliphatic carbocycles. The Labute approximate surface area is 245 Å². The summed E-state index contributed by atoms with van der Waals surface area (Å²) in [5, 5.41) is 40.0. The second kappa shape index (κ2) is 11.7. The first-order valence-corrected chi connectivity index (χ1v) is 13.9. The first-order chi connectivity index (χ1) is 20.6. The normalized spacial score (nSPS) is 28.3. The molecule has 4 aliphatic heterocycles. The molecule has 4 heterocycles. The molecule has 7 atom stereocenters. The molecule has 0 bridgehead atoms. The Morgan fingerprint density at radius 2 is 1.81 bits per heavy atom. The van der Waals surface area contributed by atoms with Gasteiger partial charge < -0.3 is 53.7 Å². The van der Waals surface area contributed by atoms with E-state index in [1.807, 2.05) is 6.07 Å². The Balaban J connectivity index is 1.14. The van der Waals surface area contributed by atoms with E-state index >= 15 is 0 Å². The van der Waals surface area contributed by atoms with Crippen LogP contribution >= 0.6 is 0 Å². The second-order valence-corrected chi connectivity index (χ2v) is 11.2. The van der Waals surface area contributed by atoms with Crippen molar-refractivity contribution in [3.63, 3.8) is 0 Å². The molecule has 4 N–H and O–H groups in total. The van der Waals surface area contributed by atoms with Crippen molar-refractivity contribution in [2.45, 2.75) is 69.4 Å². The van der Waals surface area contributed by atoms with Crippen molar-refractivity contribution in [1.29, 1.82) is 0 Å². The third kappa shape index (κ3) is 5.63. The zero-order valence-electron chi connectivity index (χ0n) is 23.3. The molecule has 0 radical (unpaired) electrons. The van der Waals surface area contributed by atoms with E-state index < -0.39 is 61.8 Å². The number of carbonyl (C=O) groups is 2. The highest BCUT2D eigenvalue weighted by atomic mass is 17.2. The van der Waals surface area contributed by atoms with Gasteiger partial charge in [-0.05, 0) is 36.6 Å². The van der Waals surface area contributed by atoms with Crippen LogP contribution in [0.2, 0.25) is 0 Å². The molecule has 43 heavy (non-hydrogen) atoms. The summed E-state index contributed by atoms with van der Waals surface area (Å²) in [6.07, 6.45) is -8.52. The van der Waals surface area contributed by atoms with Gasteiger partial charge >= 0.3 is 11.9 Å². The number of hydrogen-bond donors (Lipinski definition) is 4. The minimum Gasteiger partial charge on any atom is -0.492 e. The smallest absolute Gasteiger partial charge is 0.317 e. The number of carboxylic acids is 1. The van der Waals surface area contributed by atoms with Crippen molar-refractivity contribution in [2.75, 3.05) is 20.0 Å². The average Bonchev–Trinajstić information content (AvgIpc) is 3.58. The van der Waals surface area contributed by atoms with E-state index in [1.54, 1.807) is 18.2 Å². The number of hydrogen-bond acceptors (Lipinski definition) is 13. The van der Waals surface area contributed by atoms with Crippen molar-refractivity contribution in [2.24, 2.45) is 5.92 Å². The maximum Gasteiger partial charge on any atom is 0.317 e. The van der Waals surface area contributed by atoms with E-state index in [9.17, 15) is 24.9 Å². The number of benzene rings is 2. The summed E-state index contributed by atoms with van der Waals surface area (Å²) in [6.45, 7) is 4.20. The predicted molar refractivity (Wildman–Crippen MR) is 141 cm³/mol. The molecule has 0 unspecified atom stereocenters. The van der Waals surface area contributed by atoms with Gasteiger partial charge in [-0.1, -0.05) is 13.8 Å². The number of ether oxygens (including phenoxy) is 6. The van der Waals surface area contributed by atoms with Gasteiger partial charge in [0.05, 0.1) is 12.5 Å². The lowest BCUT2D eigenvalue weighted by Gasteiger charge is -2.39. The highest BCUT2D eigenvalue weighted by Crippen LogP contribution is 2.57. The number of fused-ring (bicyclic) bond motifs is 6. The molecule has 1 fully saturated rings. The van der Waals surface area contributed by atoms with E-state index in [0.717, 1.165) is 23.3 Å². The largest absolute Gasteiger partial charge is 0.492 e. The lowest BCUT2D eigenvalue weighted by molar-refractivity contribution is -0.365. The van der Waals surface area contributed by atoms with E-state index in [-0.39, 0.29) is 18.5 Å². The van der Waals surface area contributed by atoms with Crippen LogP contribution in [-0.4, -0.2) is 83.1 Å². The molecule has 2 aromatic carbocycles. The highest BCUT2D eigenvalue weighted by Gasteiger charge is 2.47. The minimum absolute atomic E-state index is 0.119. The molecular weight excluding hydrogens is 572 g/mol. The summed E-state index contributed by atoms with van der Waals surface area (Å²) >= 11 is 0. The quantitative estimate of drug-likeness (QED) is 0.139. The summed E-state index contributed by atoms with van der Waals surface area (Å²) in [4.78, 5) is 32.8. The van der Waals surface area contributed by atoms with Crippen LogP contribution in [0.4, 0.5) is 0 Å². The highest BCUT2D eigenvalue weighted by molar-refractivity contribution is 5.90. The first-order valence-electron chi connectivity index (χ1n) is 13.9. The van der Waals surface area contributed by atoms with Gasteiger partial charge in [0.1, 0.15) is 48.9 Å². The monoisotopic (exact) mass is 604 g/mol. The van der Waals surface area contributed by atoms with Gasteiger partial charge in [0.2, 0.25) is 6.79 Å². The fourth-order valence-corrected chi connectivity index (χ4v) is 5.69. The molecule has 0 amide bonds. The lowest BCUT2D eigenvalue weighted by Crippen LogP contribution is -2.59. The molecule has 4 aliphatic rings. The lowest BCUT2D eigenvalue weighted by atomic mass is 9.87. The Kier molecular flexibility index (Phi) is 7.96. The van der Waals surface area contributed by atoms with Crippen LogP contribution in [0.15, 0.2) is 24.3 Å². The SMILES string of the molecule is CC(C)Cc1c2c(cc3c1O[C@@H]1c4cc(OO[C@@H]5[C@@H](O)[C@H](O)[C@@H](COC(=O)CC(=O)O)O[C@H]5O)ccc4OC[C@H]31)OCO2. The summed E-state index contributed by atoms with van der Waals surface area (Å²) in [7, 11) is 0. The van der Waals surface area contributed by atoms with E-state index in [2.05, 4.69) is 13.8 Å². The van der Waals surface area contributed by atoms with E-state index in [0.29, 0.717) is 35.3 Å². The van der Waals surface area contributed by atoms with Crippen LogP contribution in [0.5, 0.6) is 28.7 Å². The number of carbonyl (C=O) groups excluding carboxylic acids is 1. The van der Waals surface area contributed by atoms with Gasteiger partial charge in [0.25, 0.3) is 0 Å². The van der Waals surface area contributed by atoms with Gasteiger partial charge in [-0.25, -0.2) is 0 Å². The number of carboxylic acid groups (broad SMARTS) is 1. The van der Waals surface area contributed by atoms with Crippen LogP contribution < -0.4 is 23.8 Å². The number of rotatable bonds is 9. The topological polar surface area (TPSA) is 189 Å². The Hall–Kier alpha value is -3.82. The molecular formula is C29H32O14. The van der Waals surface area contributed by atoms with Crippen molar-refractivity contribution in [3.05, 3.63) is 41.0 Å². The van der Waals surface area contributed by atoms with Gasteiger partial charge in [-0.2, -0.15) is 4.89 Å². The van der Waals surface area contributed by atoms with Crippen molar-refractivity contribution < 1.29 is 68.2 Å². The van der Waals surface area contributed by atoms with Gasteiger partial charge in [-0.15, -0.1) is 0 Å². The molecule has 0 aromatic heterocycles. The second-order valence-electron chi connectivity index (χ2n) is 11.2.